The Balaban J connectivity index is 1.62. The summed E-state index contributed by atoms with van der Waals surface area (Å²) in [7, 11) is 0. The van der Waals surface area contributed by atoms with Crippen molar-refractivity contribution in [1.29, 1.82) is 0 Å². The lowest BCUT2D eigenvalue weighted by Crippen LogP contribution is -2.57. The Morgan fingerprint density at radius 3 is 2.28 bits per heavy atom. The van der Waals surface area contributed by atoms with Crippen molar-refractivity contribution in [2.45, 2.75) is 32.5 Å². The van der Waals surface area contributed by atoms with E-state index in [-0.39, 0.29) is 5.91 Å². The first-order valence-corrected chi connectivity index (χ1v) is 10.1. The summed E-state index contributed by atoms with van der Waals surface area (Å²) >= 11 is 0. The Bertz CT molecular complexity index is 985. The summed E-state index contributed by atoms with van der Waals surface area (Å²) in [6.07, 6.45) is 0.755. The van der Waals surface area contributed by atoms with Gasteiger partial charge in [0.25, 0.3) is 5.91 Å². The molecule has 1 amide bonds. The number of benzene rings is 3. The molecule has 4 heteroatoms. The van der Waals surface area contributed by atoms with E-state index in [0.717, 1.165) is 34.5 Å². The Morgan fingerprint density at radius 1 is 0.897 bits per heavy atom. The number of fused-ring (bicyclic) bond motifs is 1. The van der Waals surface area contributed by atoms with Gasteiger partial charge in [0.05, 0.1) is 5.56 Å². The Hall–Kier alpha value is -3.27. The summed E-state index contributed by atoms with van der Waals surface area (Å²) in [5.41, 5.74) is 3.22. The number of anilines is 1. The SMILES string of the molecule is CCN1C(=O)c2ccccc2NC1(CC)c1ccc(OCc2ccccc2)cc1. The quantitative estimate of drug-likeness (QED) is 0.615. The predicted molar refractivity (Wildman–Crippen MR) is 116 cm³/mol. The minimum Gasteiger partial charge on any atom is -0.489 e. The lowest BCUT2D eigenvalue weighted by molar-refractivity contribution is 0.0503. The van der Waals surface area contributed by atoms with Gasteiger partial charge in [0, 0.05) is 12.2 Å². The van der Waals surface area contributed by atoms with Gasteiger partial charge in [0.1, 0.15) is 18.0 Å². The van der Waals surface area contributed by atoms with E-state index in [1.54, 1.807) is 0 Å². The van der Waals surface area contributed by atoms with Gasteiger partial charge in [-0.25, -0.2) is 0 Å². The van der Waals surface area contributed by atoms with Crippen molar-refractivity contribution in [2.75, 3.05) is 11.9 Å². The molecule has 3 aromatic carbocycles. The molecule has 0 aliphatic carbocycles. The fourth-order valence-electron chi connectivity index (χ4n) is 4.08. The standard InChI is InChI=1S/C25H26N2O2/c1-3-25(26-23-13-9-8-12-22(23)24(28)27(25)4-2)20-14-16-21(17-15-20)29-18-19-10-6-5-7-11-19/h5-17,26H,3-4,18H2,1-2H3. The second kappa shape index (κ2) is 8.00. The molecule has 0 spiro atoms. The highest BCUT2D eigenvalue weighted by Crippen LogP contribution is 2.40. The van der Waals surface area contributed by atoms with Gasteiger partial charge in [-0.15, -0.1) is 0 Å². The van der Waals surface area contributed by atoms with Crippen molar-refractivity contribution in [2.24, 2.45) is 0 Å². The molecule has 0 bridgehead atoms. The molecule has 148 valence electrons. The van der Waals surface area contributed by atoms with Gasteiger partial charge in [-0.3, -0.25) is 4.79 Å². The minimum atomic E-state index is -0.571. The first-order valence-electron chi connectivity index (χ1n) is 10.1. The van der Waals surface area contributed by atoms with E-state index in [2.05, 4.69) is 36.5 Å². The number of ether oxygens (including phenoxy) is 1. The molecular weight excluding hydrogens is 360 g/mol. The van der Waals surface area contributed by atoms with Crippen LogP contribution in [0, 0.1) is 0 Å². The van der Waals surface area contributed by atoms with Gasteiger partial charge in [0.2, 0.25) is 0 Å². The fourth-order valence-corrected chi connectivity index (χ4v) is 4.08. The number of nitrogens with zero attached hydrogens (tertiary/aromatic N) is 1. The van der Waals surface area contributed by atoms with Crippen LogP contribution in [0.2, 0.25) is 0 Å². The lowest BCUT2D eigenvalue weighted by atomic mass is 9.89. The highest BCUT2D eigenvalue weighted by Gasteiger charge is 2.43. The first-order chi connectivity index (χ1) is 14.2. The van der Waals surface area contributed by atoms with Crippen LogP contribution in [-0.2, 0) is 12.3 Å². The van der Waals surface area contributed by atoms with Crippen molar-refractivity contribution in [3.8, 4) is 5.75 Å². The number of rotatable bonds is 6. The van der Waals surface area contributed by atoms with Gasteiger partial charge in [-0.2, -0.15) is 0 Å². The average Bonchev–Trinajstić information content (AvgIpc) is 2.78. The Kier molecular flexibility index (Phi) is 5.26. The van der Waals surface area contributed by atoms with Crippen LogP contribution in [0.25, 0.3) is 0 Å². The number of amides is 1. The van der Waals surface area contributed by atoms with Gasteiger partial charge in [-0.05, 0) is 48.7 Å². The van der Waals surface area contributed by atoms with Crippen molar-refractivity contribution in [3.05, 3.63) is 95.6 Å². The molecule has 1 aliphatic rings. The van der Waals surface area contributed by atoms with Crippen LogP contribution in [-0.4, -0.2) is 17.4 Å². The molecule has 0 saturated heterocycles. The van der Waals surface area contributed by atoms with Crippen molar-refractivity contribution in [1.82, 2.24) is 4.90 Å². The third-order valence-electron chi connectivity index (χ3n) is 5.61. The third-order valence-corrected chi connectivity index (χ3v) is 5.61. The summed E-state index contributed by atoms with van der Waals surface area (Å²) in [6, 6.07) is 25.9. The number of para-hydroxylation sites is 1. The zero-order chi connectivity index (χ0) is 20.3. The number of hydrogen-bond donors (Lipinski definition) is 1. The summed E-state index contributed by atoms with van der Waals surface area (Å²) in [5, 5.41) is 3.65. The largest absolute Gasteiger partial charge is 0.489 e. The number of carbonyl (C=O) groups is 1. The second-order valence-corrected chi connectivity index (χ2v) is 7.23. The molecule has 1 N–H and O–H groups in total. The van der Waals surface area contributed by atoms with E-state index in [4.69, 9.17) is 4.74 Å². The summed E-state index contributed by atoms with van der Waals surface area (Å²) < 4.78 is 5.93. The van der Waals surface area contributed by atoms with Crippen molar-refractivity contribution in [3.63, 3.8) is 0 Å². The summed E-state index contributed by atoms with van der Waals surface area (Å²) in [4.78, 5) is 15.1. The number of carbonyl (C=O) groups excluding carboxylic acids is 1. The molecule has 4 rings (SSSR count). The molecule has 1 aliphatic heterocycles. The van der Waals surface area contributed by atoms with E-state index in [9.17, 15) is 4.79 Å². The van der Waals surface area contributed by atoms with Gasteiger partial charge < -0.3 is 15.0 Å². The van der Waals surface area contributed by atoms with Crippen LogP contribution in [0.15, 0.2) is 78.9 Å². The molecular formula is C25H26N2O2. The number of hydrogen-bond acceptors (Lipinski definition) is 3. The maximum absolute atomic E-state index is 13.2. The molecule has 0 saturated carbocycles. The minimum absolute atomic E-state index is 0.0631. The Morgan fingerprint density at radius 2 is 1.59 bits per heavy atom. The van der Waals surface area contributed by atoms with Crippen LogP contribution < -0.4 is 10.1 Å². The molecule has 0 radical (unpaired) electrons. The van der Waals surface area contributed by atoms with E-state index < -0.39 is 5.66 Å². The molecule has 1 atom stereocenters. The molecule has 1 unspecified atom stereocenters. The number of nitrogens with one attached hydrogen (secondary N) is 1. The topological polar surface area (TPSA) is 41.6 Å². The van der Waals surface area contributed by atoms with E-state index in [0.29, 0.717) is 13.2 Å². The predicted octanol–water partition coefficient (Wildman–Crippen LogP) is 5.42. The molecule has 4 nitrogen and oxygen atoms in total. The molecule has 0 aromatic heterocycles. The maximum atomic E-state index is 13.2. The smallest absolute Gasteiger partial charge is 0.258 e. The molecule has 0 fully saturated rings. The molecule has 29 heavy (non-hydrogen) atoms. The summed E-state index contributed by atoms with van der Waals surface area (Å²) in [6.45, 7) is 5.29. The highest BCUT2D eigenvalue weighted by molar-refractivity contribution is 6.02. The zero-order valence-corrected chi connectivity index (χ0v) is 16.9. The lowest BCUT2D eigenvalue weighted by Gasteiger charge is -2.48. The van der Waals surface area contributed by atoms with Crippen LogP contribution in [0.5, 0.6) is 5.75 Å². The monoisotopic (exact) mass is 386 g/mol. The van der Waals surface area contributed by atoms with E-state index >= 15 is 0 Å². The van der Waals surface area contributed by atoms with Crippen LogP contribution in [0.1, 0.15) is 41.8 Å². The average molecular weight is 386 g/mol. The fraction of sp³-hybridized carbons (Fsp3) is 0.240. The Labute approximate surface area is 172 Å². The van der Waals surface area contributed by atoms with Crippen LogP contribution in [0.3, 0.4) is 0 Å². The van der Waals surface area contributed by atoms with Gasteiger partial charge >= 0.3 is 0 Å². The van der Waals surface area contributed by atoms with E-state index in [1.807, 2.05) is 66.4 Å². The third kappa shape index (κ3) is 3.46. The van der Waals surface area contributed by atoms with Crippen LogP contribution >= 0.6 is 0 Å². The van der Waals surface area contributed by atoms with Crippen molar-refractivity contribution >= 4 is 11.6 Å². The highest BCUT2D eigenvalue weighted by atomic mass is 16.5. The normalized spacial score (nSPS) is 18.1. The summed E-state index contributed by atoms with van der Waals surface area (Å²) in [5.74, 6) is 0.877. The van der Waals surface area contributed by atoms with Crippen LogP contribution in [0.4, 0.5) is 5.69 Å². The second-order valence-electron chi connectivity index (χ2n) is 7.23. The zero-order valence-electron chi connectivity index (χ0n) is 16.9. The first kappa shape index (κ1) is 19.1. The molecule has 1 heterocycles. The van der Waals surface area contributed by atoms with Gasteiger partial charge in [-0.1, -0.05) is 61.5 Å². The van der Waals surface area contributed by atoms with Crippen molar-refractivity contribution < 1.29 is 9.53 Å². The van der Waals surface area contributed by atoms with E-state index in [1.165, 1.54) is 0 Å². The van der Waals surface area contributed by atoms with Gasteiger partial charge in [0.15, 0.2) is 0 Å². The molecule has 3 aromatic rings. The maximum Gasteiger partial charge on any atom is 0.258 e.